The Morgan fingerprint density at radius 1 is 1.27 bits per heavy atom. The minimum Gasteiger partial charge on any atom is -0.344 e. The Labute approximate surface area is 90.3 Å². The fourth-order valence-electron chi connectivity index (χ4n) is 2.00. The Morgan fingerprint density at radius 2 is 2.00 bits per heavy atom. The number of hydrogen-bond acceptors (Lipinski definition) is 0. The van der Waals surface area contributed by atoms with E-state index in [4.69, 9.17) is 0 Å². The van der Waals surface area contributed by atoms with Gasteiger partial charge in [-0.3, -0.25) is 0 Å². The quantitative estimate of drug-likeness (QED) is 0.647. The molecule has 0 unspecified atom stereocenters. The van der Waals surface area contributed by atoms with E-state index < -0.39 is 0 Å². The van der Waals surface area contributed by atoms with Crippen LogP contribution in [0.2, 0.25) is 0 Å². The molecule has 1 heteroatoms. The van der Waals surface area contributed by atoms with Gasteiger partial charge in [0.2, 0.25) is 0 Å². The number of aryl methyl sites for hydroxylation is 2. The van der Waals surface area contributed by atoms with Gasteiger partial charge in [-0.25, -0.2) is 0 Å². The second-order valence-electron chi connectivity index (χ2n) is 3.68. The molecular formula is C14H15N. The summed E-state index contributed by atoms with van der Waals surface area (Å²) in [6, 6.07) is 8.46. The highest BCUT2D eigenvalue weighted by molar-refractivity contribution is 5.87. The van der Waals surface area contributed by atoms with Gasteiger partial charge in [0.15, 0.2) is 0 Å². The van der Waals surface area contributed by atoms with E-state index >= 15 is 0 Å². The van der Waals surface area contributed by atoms with Crippen LogP contribution in [-0.4, -0.2) is 4.57 Å². The highest BCUT2D eigenvalue weighted by Crippen LogP contribution is 2.25. The third kappa shape index (κ3) is 1.50. The molecule has 1 nitrogen and oxygen atoms in total. The Balaban J connectivity index is 2.74. The summed E-state index contributed by atoms with van der Waals surface area (Å²) in [5, 5.41) is 1.32. The van der Waals surface area contributed by atoms with E-state index in [1.54, 1.807) is 6.08 Å². The molecule has 0 aliphatic heterocycles. The van der Waals surface area contributed by atoms with Gasteiger partial charge in [0.1, 0.15) is 0 Å². The summed E-state index contributed by atoms with van der Waals surface area (Å²) in [6.07, 6.45) is 5.88. The Hall–Kier alpha value is -1.76. The predicted octanol–water partition coefficient (Wildman–Crippen LogP) is 3.69. The number of aromatic nitrogens is 1. The van der Waals surface area contributed by atoms with Gasteiger partial charge >= 0.3 is 0 Å². The van der Waals surface area contributed by atoms with E-state index in [1.807, 2.05) is 6.08 Å². The maximum atomic E-state index is 3.69. The number of fused-ring (bicyclic) bond motifs is 1. The molecule has 0 aliphatic carbocycles. The van der Waals surface area contributed by atoms with Crippen LogP contribution in [0.1, 0.15) is 11.3 Å². The first-order chi connectivity index (χ1) is 7.25. The van der Waals surface area contributed by atoms with Crippen LogP contribution in [0.5, 0.6) is 0 Å². The summed E-state index contributed by atoms with van der Waals surface area (Å²) in [6.45, 7) is 5.85. The predicted molar refractivity (Wildman–Crippen MR) is 66.9 cm³/mol. The van der Waals surface area contributed by atoms with Gasteiger partial charge in [0.05, 0.1) is 0 Å². The van der Waals surface area contributed by atoms with Crippen LogP contribution < -0.4 is 0 Å². The normalized spacial score (nSPS) is 11.3. The molecule has 76 valence electrons. The molecule has 0 bridgehead atoms. The van der Waals surface area contributed by atoms with Crippen LogP contribution in [0.3, 0.4) is 0 Å². The molecule has 0 N–H and O–H groups in total. The van der Waals surface area contributed by atoms with E-state index in [9.17, 15) is 0 Å². The van der Waals surface area contributed by atoms with Crippen LogP contribution in [0.15, 0.2) is 43.0 Å². The summed E-state index contributed by atoms with van der Waals surface area (Å²) in [7, 11) is 2.10. The molecule has 1 aromatic heterocycles. The maximum Gasteiger partial charge on any atom is 0.0485 e. The number of nitrogens with zero attached hydrogens (tertiary/aromatic N) is 1. The molecule has 0 radical (unpaired) electrons. The van der Waals surface area contributed by atoms with E-state index in [0.29, 0.717) is 0 Å². The molecule has 1 aromatic carbocycles. The Morgan fingerprint density at radius 3 is 2.67 bits per heavy atom. The van der Waals surface area contributed by atoms with Crippen LogP contribution in [0.4, 0.5) is 0 Å². The number of rotatable bonds is 2. The van der Waals surface area contributed by atoms with Crippen LogP contribution in [0.25, 0.3) is 17.0 Å². The first kappa shape index (κ1) is 9.78. The molecule has 0 spiro atoms. The molecular weight excluding hydrogens is 182 g/mol. The van der Waals surface area contributed by atoms with Crippen molar-refractivity contribution in [1.29, 1.82) is 0 Å². The zero-order valence-electron chi connectivity index (χ0n) is 9.20. The summed E-state index contributed by atoms with van der Waals surface area (Å²) < 4.78 is 2.21. The average molecular weight is 197 g/mol. The van der Waals surface area contributed by atoms with Crippen LogP contribution >= 0.6 is 0 Å². The molecule has 0 amide bonds. The molecule has 0 aliphatic rings. The average Bonchev–Trinajstić information content (AvgIpc) is 2.51. The van der Waals surface area contributed by atoms with Crippen molar-refractivity contribution in [1.82, 2.24) is 4.57 Å². The number of allylic oxidation sites excluding steroid dienone is 2. The number of hydrogen-bond donors (Lipinski definition) is 0. The van der Waals surface area contributed by atoms with Crippen LogP contribution in [0, 0.1) is 6.92 Å². The van der Waals surface area contributed by atoms with E-state index in [0.717, 1.165) is 0 Å². The van der Waals surface area contributed by atoms with Crippen molar-refractivity contribution in [2.75, 3.05) is 0 Å². The van der Waals surface area contributed by atoms with Crippen molar-refractivity contribution in [3.05, 3.63) is 54.3 Å². The second kappa shape index (κ2) is 3.77. The largest absolute Gasteiger partial charge is 0.344 e. The molecule has 0 fully saturated rings. The van der Waals surface area contributed by atoms with Crippen molar-refractivity contribution in [2.45, 2.75) is 6.92 Å². The van der Waals surface area contributed by atoms with Gasteiger partial charge in [-0.1, -0.05) is 36.9 Å². The van der Waals surface area contributed by atoms with Crippen molar-refractivity contribution in [3.8, 4) is 0 Å². The molecule has 1 heterocycles. The minimum absolute atomic E-state index is 1.25. The van der Waals surface area contributed by atoms with E-state index in [2.05, 4.69) is 55.5 Å². The van der Waals surface area contributed by atoms with E-state index in [-0.39, 0.29) is 0 Å². The highest BCUT2D eigenvalue weighted by Gasteiger charge is 2.07. The molecule has 0 saturated carbocycles. The minimum atomic E-state index is 1.25. The molecule has 0 saturated heterocycles. The van der Waals surface area contributed by atoms with Crippen molar-refractivity contribution < 1.29 is 0 Å². The summed E-state index contributed by atoms with van der Waals surface area (Å²) in [5.74, 6) is 0. The number of benzene rings is 1. The third-order valence-electron chi connectivity index (χ3n) is 2.81. The Kier molecular flexibility index (Phi) is 2.46. The summed E-state index contributed by atoms with van der Waals surface area (Å²) in [4.78, 5) is 0. The topological polar surface area (TPSA) is 4.93 Å². The van der Waals surface area contributed by atoms with Crippen molar-refractivity contribution in [3.63, 3.8) is 0 Å². The molecule has 0 atom stereocenters. The SMILES string of the molecule is C=C/C=C\c1c(C)c2ccccc2n1C. The summed E-state index contributed by atoms with van der Waals surface area (Å²) >= 11 is 0. The van der Waals surface area contributed by atoms with Gasteiger partial charge in [0.25, 0.3) is 0 Å². The lowest BCUT2D eigenvalue weighted by Crippen LogP contribution is -1.90. The fourth-order valence-corrected chi connectivity index (χ4v) is 2.00. The zero-order chi connectivity index (χ0) is 10.8. The summed E-state index contributed by atoms with van der Waals surface area (Å²) in [5.41, 5.74) is 3.85. The van der Waals surface area contributed by atoms with Gasteiger partial charge in [-0.15, -0.1) is 0 Å². The third-order valence-corrected chi connectivity index (χ3v) is 2.81. The lowest BCUT2D eigenvalue weighted by Gasteiger charge is -1.98. The fraction of sp³-hybridized carbons (Fsp3) is 0.143. The van der Waals surface area contributed by atoms with Gasteiger partial charge in [-0.05, 0) is 24.6 Å². The number of para-hydroxylation sites is 1. The van der Waals surface area contributed by atoms with Gasteiger partial charge in [-0.2, -0.15) is 0 Å². The smallest absolute Gasteiger partial charge is 0.0485 e. The monoisotopic (exact) mass is 197 g/mol. The van der Waals surface area contributed by atoms with Gasteiger partial charge < -0.3 is 4.57 Å². The Bertz CT molecular complexity index is 491. The standard InChI is InChI=1S/C14H15N/c1-4-5-9-13-11(2)12-8-6-7-10-14(12)15(13)3/h4-10H,1H2,2-3H3/b9-5-. The van der Waals surface area contributed by atoms with Crippen molar-refractivity contribution in [2.24, 2.45) is 7.05 Å². The molecule has 2 rings (SSSR count). The lowest BCUT2D eigenvalue weighted by molar-refractivity contribution is 0.949. The first-order valence-corrected chi connectivity index (χ1v) is 5.09. The van der Waals surface area contributed by atoms with Gasteiger partial charge in [0, 0.05) is 23.6 Å². The molecule has 15 heavy (non-hydrogen) atoms. The zero-order valence-corrected chi connectivity index (χ0v) is 9.20. The second-order valence-corrected chi connectivity index (χ2v) is 3.68. The highest BCUT2D eigenvalue weighted by atomic mass is 14.9. The first-order valence-electron chi connectivity index (χ1n) is 5.09. The molecule has 2 aromatic rings. The van der Waals surface area contributed by atoms with E-state index in [1.165, 1.54) is 22.2 Å². The van der Waals surface area contributed by atoms with Crippen molar-refractivity contribution >= 4 is 17.0 Å². The maximum absolute atomic E-state index is 3.69. The lowest BCUT2D eigenvalue weighted by atomic mass is 10.1. The van der Waals surface area contributed by atoms with Crippen LogP contribution in [-0.2, 0) is 7.05 Å².